The Bertz CT molecular complexity index is 1770. The number of aromatic carboxylic acids is 1. The van der Waals surface area contributed by atoms with E-state index in [1.54, 1.807) is 37.3 Å². The zero-order valence-corrected chi connectivity index (χ0v) is 25.2. The van der Waals surface area contributed by atoms with Crippen LogP contribution in [-0.4, -0.2) is 64.5 Å². The normalized spacial score (nSPS) is 23.6. The third-order valence-electron chi connectivity index (χ3n) is 9.85. The molecule has 3 aromatic carbocycles. The molecular weight excluding hydrogens is 577 g/mol. The highest BCUT2D eigenvalue weighted by Crippen LogP contribution is 2.50. The van der Waals surface area contributed by atoms with Crippen LogP contribution in [0.5, 0.6) is 11.5 Å². The Balaban J connectivity index is 0.978. The van der Waals surface area contributed by atoms with Crippen LogP contribution in [0.2, 0.25) is 0 Å². The molecular formula is C35H36FN3O6. The van der Waals surface area contributed by atoms with Gasteiger partial charge in [-0.05, 0) is 80.2 Å². The number of benzene rings is 3. The van der Waals surface area contributed by atoms with Crippen molar-refractivity contribution in [2.45, 2.75) is 63.0 Å². The minimum atomic E-state index is -1.25. The number of rotatable bonds is 8. The molecule has 0 radical (unpaired) electrons. The van der Waals surface area contributed by atoms with Crippen LogP contribution >= 0.6 is 0 Å². The topological polar surface area (TPSA) is 95.3 Å². The third-order valence-corrected chi connectivity index (χ3v) is 9.85. The SMILES string of the molecule is C[C@]1(c2ccc(C3COC3)cc2F)Oc2cccc(C3CCN(Cc4nc5ccc(C(=O)O)cc5n4C[C@@H]4CCO4)CC3)c2O1. The number of nitrogens with zero attached hydrogens (tertiary/aromatic N) is 3. The van der Waals surface area contributed by atoms with Gasteiger partial charge in [-0.1, -0.05) is 18.2 Å². The van der Waals surface area contributed by atoms with Crippen LogP contribution in [0, 0.1) is 5.82 Å². The number of likely N-dealkylation sites (tertiary alicyclic amines) is 1. The van der Waals surface area contributed by atoms with Gasteiger partial charge in [0.05, 0.1) is 54.6 Å². The van der Waals surface area contributed by atoms with Gasteiger partial charge in [0.2, 0.25) is 0 Å². The molecule has 0 amide bonds. The second-order valence-corrected chi connectivity index (χ2v) is 12.8. The quantitative estimate of drug-likeness (QED) is 0.267. The molecule has 0 bridgehead atoms. The van der Waals surface area contributed by atoms with Crippen LogP contribution in [0.15, 0.2) is 54.6 Å². The molecule has 3 saturated heterocycles. The van der Waals surface area contributed by atoms with Crippen molar-refractivity contribution >= 4 is 17.0 Å². The summed E-state index contributed by atoms with van der Waals surface area (Å²) in [6, 6.07) is 16.4. The summed E-state index contributed by atoms with van der Waals surface area (Å²) in [5, 5.41) is 9.56. The molecule has 8 rings (SSSR count). The average Bonchev–Trinajstić information content (AvgIpc) is 3.50. The summed E-state index contributed by atoms with van der Waals surface area (Å²) in [6.45, 7) is 6.87. The highest BCUT2D eigenvalue weighted by Gasteiger charge is 2.43. The van der Waals surface area contributed by atoms with E-state index in [-0.39, 0.29) is 29.3 Å². The zero-order chi connectivity index (χ0) is 30.7. The lowest BCUT2D eigenvalue weighted by Gasteiger charge is -2.33. The predicted molar refractivity (Wildman–Crippen MR) is 163 cm³/mol. The number of hydrogen-bond donors (Lipinski definition) is 1. The van der Waals surface area contributed by atoms with Crippen molar-refractivity contribution in [3.05, 3.63) is 88.5 Å². The fourth-order valence-electron chi connectivity index (χ4n) is 7.03. The molecule has 0 unspecified atom stereocenters. The van der Waals surface area contributed by atoms with Gasteiger partial charge in [-0.2, -0.15) is 0 Å². The number of fused-ring (bicyclic) bond motifs is 2. The smallest absolute Gasteiger partial charge is 0.335 e. The van der Waals surface area contributed by atoms with E-state index in [4.69, 9.17) is 23.9 Å². The Hall–Kier alpha value is -3.99. The second-order valence-electron chi connectivity index (χ2n) is 12.8. The molecule has 1 N–H and O–H groups in total. The number of hydrogen-bond acceptors (Lipinski definition) is 7. The van der Waals surface area contributed by atoms with E-state index in [0.29, 0.717) is 43.4 Å². The summed E-state index contributed by atoms with van der Waals surface area (Å²) in [7, 11) is 0. The lowest BCUT2D eigenvalue weighted by molar-refractivity contribution is -0.0712. The van der Waals surface area contributed by atoms with E-state index < -0.39 is 11.8 Å². The van der Waals surface area contributed by atoms with Crippen molar-refractivity contribution in [3.63, 3.8) is 0 Å². The fourth-order valence-corrected chi connectivity index (χ4v) is 7.03. The molecule has 9 nitrogen and oxygen atoms in total. The summed E-state index contributed by atoms with van der Waals surface area (Å²) < 4.78 is 41.3. The molecule has 234 valence electrons. The highest BCUT2D eigenvalue weighted by atomic mass is 19.1. The van der Waals surface area contributed by atoms with Gasteiger partial charge in [0.25, 0.3) is 5.79 Å². The monoisotopic (exact) mass is 613 g/mol. The van der Waals surface area contributed by atoms with Crippen molar-refractivity contribution < 1.29 is 33.2 Å². The number of carbonyl (C=O) groups is 1. The lowest BCUT2D eigenvalue weighted by atomic mass is 9.88. The maximum atomic E-state index is 15.4. The Morgan fingerprint density at radius 2 is 1.87 bits per heavy atom. The molecule has 3 fully saturated rings. The Morgan fingerprint density at radius 3 is 2.56 bits per heavy atom. The number of carboxylic acids is 1. The maximum absolute atomic E-state index is 15.4. The van der Waals surface area contributed by atoms with E-state index >= 15 is 4.39 Å². The summed E-state index contributed by atoms with van der Waals surface area (Å²) in [6.07, 6.45) is 2.97. The summed E-state index contributed by atoms with van der Waals surface area (Å²) in [5.74, 6) is 0.243. The summed E-state index contributed by atoms with van der Waals surface area (Å²) >= 11 is 0. The molecule has 4 aliphatic heterocycles. The van der Waals surface area contributed by atoms with E-state index in [9.17, 15) is 9.90 Å². The van der Waals surface area contributed by atoms with Gasteiger partial charge in [-0.15, -0.1) is 0 Å². The minimum absolute atomic E-state index is 0.122. The number of piperidine rings is 1. The highest BCUT2D eigenvalue weighted by molar-refractivity contribution is 5.92. The van der Waals surface area contributed by atoms with Gasteiger partial charge in [0.15, 0.2) is 11.5 Å². The van der Waals surface area contributed by atoms with Crippen molar-refractivity contribution in [1.82, 2.24) is 14.5 Å². The molecule has 4 aliphatic rings. The van der Waals surface area contributed by atoms with E-state index in [0.717, 1.165) is 66.9 Å². The summed E-state index contributed by atoms with van der Waals surface area (Å²) in [4.78, 5) is 19.0. The Labute approximate surface area is 260 Å². The molecule has 1 aromatic heterocycles. The predicted octanol–water partition coefficient (Wildman–Crippen LogP) is 5.80. The number of carboxylic acid groups (broad SMARTS) is 1. The van der Waals surface area contributed by atoms with Crippen LogP contribution < -0.4 is 9.47 Å². The standard InChI is InChI=1S/C35H36FN3O6/c1-35(27-7-5-22(15-28(27)36)24-19-42-20-24)44-31-4-2-3-26(33(31)45-35)21-9-12-38(13-10-21)18-32-37-29-8-6-23(34(40)41)16-30(29)39(32)17-25-11-14-43-25/h2-8,15-16,21,24-25H,9-14,17-20H2,1H3,(H,40,41)/t25-,35-/m0/s1. The minimum Gasteiger partial charge on any atom is -0.478 e. The van der Waals surface area contributed by atoms with Crippen LogP contribution in [0.1, 0.15) is 70.9 Å². The van der Waals surface area contributed by atoms with Gasteiger partial charge in [0, 0.05) is 25.0 Å². The molecule has 0 saturated carbocycles. The number of aromatic nitrogens is 2. The number of para-hydroxylation sites is 1. The second kappa shape index (κ2) is 11.1. The number of halogens is 1. The van der Waals surface area contributed by atoms with Crippen LogP contribution in [0.4, 0.5) is 4.39 Å². The van der Waals surface area contributed by atoms with E-state index in [1.165, 1.54) is 0 Å². The Morgan fingerprint density at radius 1 is 1.04 bits per heavy atom. The van der Waals surface area contributed by atoms with Gasteiger partial charge in [-0.3, -0.25) is 4.90 Å². The van der Waals surface area contributed by atoms with Crippen molar-refractivity contribution in [3.8, 4) is 11.5 Å². The molecule has 0 spiro atoms. The average molecular weight is 614 g/mol. The first kappa shape index (κ1) is 28.5. The van der Waals surface area contributed by atoms with Crippen LogP contribution in [-0.2, 0) is 28.4 Å². The van der Waals surface area contributed by atoms with E-state index in [1.807, 2.05) is 18.2 Å². The molecule has 2 atom stereocenters. The Kier molecular flexibility index (Phi) is 7.04. The number of ether oxygens (including phenoxy) is 4. The number of imidazole rings is 1. The van der Waals surface area contributed by atoms with Gasteiger partial charge in [-0.25, -0.2) is 14.2 Å². The molecule has 10 heteroatoms. The molecule has 45 heavy (non-hydrogen) atoms. The molecule has 4 aromatic rings. The van der Waals surface area contributed by atoms with Crippen molar-refractivity contribution in [2.75, 3.05) is 32.9 Å². The lowest BCUT2D eigenvalue weighted by Crippen LogP contribution is -2.35. The van der Waals surface area contributed by atoms with Crippen LogP contribution in [0.3, 0.4) is 0 Å². The molecule has 0 aliphatic carbocycles. The van der Waals surface area contributed by atoms with Crippen LogP contribution in [0.25, 0.3) is 11.0 Å². The first-order chi connectivity index (χ1) is 21.8. The first-order valence-corrected chi connectivity index (χ1v) is 15.8. The zero-order valence-electron chi connectivity index (χ0n) is 25.2. The molecule has 5 heterocycles. The first-order valence-electron chi connectivity index (χ1n) is 15.8. The maximum Gasteiger partial charge on any atom is 0.335 e. The van der Waals surface area contributed by atoms with Crippen molar-refractivity contribution in [1.29, 1.82) is 0 Å². The van der Waals surface area contributed by atoms with Gasteiger partial charge in [0.1, 0.15) is 11.6 Å². The third kappa shape index (κ3) is 5.14. The fraction of sp³-hybridized carbons (Fsp3) is 0.429. The van der Waals surface area contributed by atoms with Gasteiger partial charge < -0.3 is 28.6 Å². The largest absolute Gasteiger partial charge is 0.478 e. The van der Waals surface area contributed by atoms with E-state index in [2.05, 4.69) is 15.5 Å². The van der Waals surface area contributed by atoms with Gasteiger partial charge >= 0.3 is 5.97 Å². The summed E-state index contributed by atoms with van der Waals surface area (Å²) in [5.41, 5.74) is 4.30. The van der Waals surface area contributed by atoms with Crippen molar-refractivity contribution in [2.24, 2.45) is 0 Å².